The van der Waals surface area contributed by atoms with Gasteiger partial charge in [-0.15, -0.1) is 0 Å². The number of hydrogen-bond donors (Lipinski definition) is 0. The number of anilines is 1. The maximum Gasteiger partial charge on any atom is 0.225 e. The van der Waals surface area contributed by atoms with Crippen molar-refractivity contribution >= 4 is 17.1 Å². The largest absolute Gasteiger partial charge is 0.366 e. The number of carbonyl (C=O) groups is 1. The van der Waals surface area contributed by atoms with Gasteiger partial charge in [-0.1, -0.05) is 43.5 Å². The molecule has 1 aromatic carbocycles. The van der Waals surface area contributed by atoms with Gasteiger partial charge in [0, 0.05) is 62.6 Å². The summed E-state index contributed by atoms with van der Waals surface area (Å²) in [6.45, 7) is 10.3. The maximum atomic E-state index is 13.0. The van der Waals surface area contributed by atoms with Crippen LogP contribution < -0.4 is 4.90 Å². The lowest BCUT2D eigenvalue weighted by Crippen LogP contribution is -2.50. The van der Waals surface area contributed by atoms with Crippen LogP contribution in [0.5, 0.6) is 0 Å². The molecule has 0 spiro atoms. The van der Waals surface area contributed by atoms with Crippen molar-refractivity contribution in [1.29, 1.82) is 0 Å². The summed E-state index contributed by atoms with van der Waals surface area (Å²) in [6.07, 6.45) is 11.2. The number of rotatable bonds is 5. The van der Waals surface area contributed by atoms with E-state index in [9.17, 15) is 4.79 Å². The van der Waals surface area contributed by atoms with Gasteiger partial charge < -0.3 is 14.7 Å². The van der Waals surface area contributed by atoms with Crippen LogP contribution in [0.2, 0.25) is 0 Å². The summed E-state index contributed by atoms with van der Waals surface area (Å²) in [7, 11) is 0. The second kappa shape index (κ2) is 10.5. The van der Waals surface area contributed by atoms with Crippen molar-refractivity contribution in [2.75, 3.05) is 44.2 Å². The molecule has 6 nitrogen and oxygen atoms in total. The Bertz CT molecular complexity index is 1220. The predicted octanol–water partition coefficient (Wildman–Crippen LogP) is 5.43. The number of piperazine rings is 1. The van der Waals surface area contributed by atoms with E-state index < -0.39 is 0 Å². The molecule has 4 heterocycles. The van der Waals surface area contributed by atoms with E-state index in [-0.39, 0.29) is 5.92 Å². The highest BCUT2D eigenvalue weighted by Crippen LogP contribution is 2.33. The minimum atomic E-state index is 0.260. The number of benzene rings is 1. The monoisotopic (exact) mass is 499 g/mol. The van der Waals surface area contributed by atoms with Crippen LogP contribution in [0.25, 0.3) is 16.6 Å². The van der Waals surface area contributed by atoms with E-state index in [0.29, 0.717) is 17.9 Å². The molecule has 196 valence electrons. The first-order chi connectivity index (χ1) is 18.1. The Morgan fingerprint density at radius 2 is 1.65 bits per heavy atom. The molecule has 1 unspecified atom stereocenters. The second-order valence-corrected chi connectivity index (χ2v) is 11.6. The zero-order chi connectivity index (χ0) is 25.4. The van der Waals surface area contributed by atoms with Crippen LogP contribution in [0.1, 0.15) is 63.9 Å². The number of fused-ring (bicyclic) bond motifs is 1. The van der Waals surface area contributed by atoms with Crippen molar-refractivity contribution in [3.05, 3.63) is 54.4 Å². The predicted molar refractivity (Wildman–Crippen MR) is 150 cm³/mol. The van der Waals surface area contributed by atoms with Gasteiger partial charge in [0.1, 0.15) is 0 Å². The first-order valence-electron chi connectivity index (χ1n) is 14.4. The minimum absolute atomic E-state index is 0.260. The molecule has 0 N–H and O–H groups in total. The molecule has 0 radical (unpaired) electrons. The standard InChI is InChI=1S/C31H41N5O/c1-23(2)35-15-13-27(21-35)24-8-10-25(11-9-24)28-20-30-29(12-14-32-36(30)22-28)33-16-18-34(19-17-33)31(37)26-6-4-3-5-7-26/h8-12,14,20,22-23,26-27H,3-7,13,15-19,21H2,1-2H3. The van der Waals surface area contributed by atoms with Crippen molar-refractivity contribution in [2.24, 2.45) is 5.92 Å². The summed E-state index contributed by atoms with van der Waals surface area (Å²) in [5.74, 6) is 1.29. The fraction of sp³-hybridized carbons (Fsp3) is 0.548. The summed E-state index contributed by atoms with van der Waals surface area (Å²) in [5, 5.41) is 4.61. The Kier molecular flexibility index (Phi) is 6.94. The van der Waals surface area contributed by atoms with Gasteiger partial charge in [0.05, 0.1) is 11.2 Å². The van der Waals surface area contributed by atoms with Crippen molar-refractivity contribution in [2.45, 2.75) is 64.3 Å². The van der Waals surface area contributed by atoms with Crippen LogP contribution in [0.4, 0.5) is 5.69 Å². The van der Waals surface area contributed by atoms with Crippen molar-refractivity contribution in [3.8, 4) is 11.1 Å². The topological polar surface area (TPSA) is 44.1 Å². The van der Waals surface area contributed by atoms with Crippen molar-refractivity contribution < 1.29 is 4.79 Å². The molecule has 2 aliphatic heterocycles. The van der Waals surface area contributed by atoms with Gasteiger partial charge in [-0.2, -0.15) is 5.10 Å². The molecule has 2 saturated heterocycles. The lowest BCUT2D eigenvalue weighted by Gasteiger charge is -2.38. The number of carbonyl (C=O) groups excluding carboxylic acids is 1. The third-order valence-electron chi connectivity index (χ3n) is 9.04. The Hall–Kier alpha value is -2.86. The average molecular weight is 500 g/mol. The third kappa shape index (κ3) is 5.00. The van der Waals surface area contributed by atoms with Gasteiger partial charge >= 0.3 is 0 Å². The number of likely N-dealkylation sites (tertiary alicyclic amines) is 1. The summed E-state index contributed by atoms with van der Waals surface area (Å²) >= 11 is 0. The normalized spacial score (nSPS) is 21.9. The Morgan fingerprint density at radius 3 is 2.35 bits per heavy atom. The molecule has 3 aromatic rings. The molecule has 0 bridgehead atoms. The number of amides is 1. The number of nitrogens with zero attached hydrogens (tertiary/aromatic N) is 5. The zero-order valence-electron chi connectivity index (χ0n) is 22.5. The molecule has 2 aromatic heterocycles. The Labute approximate surface area is 221 Å². The first kappa shape index (κ1) is 24.5. The maximum absolute atomic E-state index is 13.0. The summed E-state index contributed by atoms with van der Waals surface area (Å²) in [5.41, 5.74) is 6.24. The lowest BCUT2D eigenvalue weighted by molar-refractivity contribution is -0.136. The van der Waals surface area contributed by atoms with Gasteiger partial charge in [-0.25, -0.2) is 4.52 Å². The van der Waals surface area contributed by atoms with Crippen LogP contribution in [-0.4, -0.2) is 70.6 Å². The number of hydrogen-bond acceptors (Lipinski definition) is 4. The van der Waals surface area contributed by atoms with Gasteiger partial charge in [-0.3, -0.25) is 4.79 Å². The van der Waals surface area contributed by atoms with Crippen molar-refractivity contribution in [1.82, 2.24) is 19.4 Å². The minimum Gasteiger partial charge on any atom is -0.366 e. The molecule has 1 amide bonds. The second-order valence-electron chi connectivity index (χ2n) is 11.6. The third-order valence-corrected chi connectivity index (χ3v) is 9.04. The van der Waals surface area contributed by atoms with Gasteiger partial charge in [0.15, 0.2) is 0 Å². The summed E-state index contributed by atoms with van der Waals surface area (Å²) < 4.78 is 2.01. The van der Waals surface area contributed by atoms with Crippen LogP contribution in [0.3, 0.4) is 0 Å². The highest BCUT2D eigenvalue weighted by molar-refractivity contribution is 5.81. The summed E-state index contributed by atoms with van der Waals surface area (Å²) in [6, 6.07) is 14.2. The highest BCUT2D eigenvalue weighted by Gasteiger charge is 2.29. The van der Waals surface area contributed by atoms with Crippen LogP contribution >= 0.6 is 0 Å². The molecule has 1 atom stereocenters. The van der Waals surface area contributed by atoms with Crippen LogP contribution in [0.15, 0.2) is 48.8 Å². The molecule has 6 rings (SSSR count). The molecule has 1 aliphatic carbocycles. The molecule has 3 aliphatic rings. The molecule has 37 heavy (non-hydrogen) atoms. The summed E-state index contributed by atoms with van der Waals surface area (Å²) in [4.78, 5) is 20.1. The molecule has 3 fully saturated rings. The van der Waals surface area contributed by atoms with Gasteiger partial charge in [-0.05, 0) is 68.8 Å². The van der Waals surface area contributed by atoms with E-state index in [1.54, 1.807) is 0 Å². The van der Waals surface area contributed by atoms with E-state index in [1.165, 1.54) is 61.2 Å². The van der Waals surface area contributed by atoms with Crippen LogP contribution in [-0.2, 0) is 4.79 Å². The SMILES string of the molecule is CC(C)N1CCC(c2ccc(-c3cc4c(N5CCN(C(=O)C6CCCCC6)CC5)ccnn4c3)cc2)C1. The highest BCUT2D eigenvalue weighted by atomic mass is 16.2. The molecular weight excluding hydrogens is 458 g/mol. The van der Waals surface area contributed by atoms with E-state index in [0.717, 1.165) is 44.5 Å². The lowest BCUT2D eigenvalue weighted by atomic mass is 9.88. The van der Waals surface area contributed by atoms with E-state index in [1.807, 2.05) is 10.7 Å². The zero-order valence-corrected chi connectivity index (χ0v) is 22.5. The van der Waals surface area contributed by atoms with Gasteiger partial charge in [0.2, 0.25) is 5.91 Å². The average Bonchev–Trinajstić information content (AvgIpc) is 3.61. The molecule has 6 heteroatoms. The molecular formula is C31H41N5O. The van der Waals surface area contributed by atoms with E-state index >= 15 is 0 Å². The van der Waals surface area contributed by atoms with Crippen molar-refractivity contribution in [3.63, 3.8) is 0 Å². The fourth-order valence-corrected chi connectivity index (χ4v) is 6.68. The Morgan fingerprint density at radius 1 is 0.892 bits per heavy atom. The van der Waals surface area contributed by atoms with E-state index in [2.05, 4.69) is 76.2 Å². The Balaban J connectivity index is 1.15. The van der Waals surface area contributed by atoms with Gasteiger partial charge in [0.25, 0.3) is 0 Å². The molecule has 1 saturated carbocycles. The first-order valence-corrected chi connectivity index (χ1v) is 14.4. The smallest absolute Gasteiger partial charge is 0.225 e. The fourth-order valence-electron chi connectivity index (χ4n) is 6.68. The van der Waals surface area contributed by atoms with Crippen LogP contribution in [0, 0.1) is 5.92 Å². The number of aromatic nitrogens is 2. The quantitative estimate of drug-likeness (QED) is 0.470. The van der Waals surface area contributed by atoms with E-state index in [4.69, 9.17) is 0 Å².